The minimum Gasteiger partial charge on any atom is -0.468 e. The molecule has 0 N–H and O–H groups in total. The van der Waals surface area contributed by atoms with Gasteiger partial charge in [0.25, 0.3) is 5.91 Å². The molecule has 3 aromatic carbocycles. The van der Waals surface area contributed by atoms with Gasteiger partial charge >= 0.3 is 0 Å². The number of morpholine rings is 1. The first-order chi connectivity index (χ1) is 16.0. The van der Waals surface area contributed by atoms with Gasteiger partial charge in [0.1, 0.15) is 6.04 Å². The van der Waals surface area contributed by atoms with Gasteiger partial charge in [0.05, 0.1) is 15.5 Å². The Labute approximate surface area is 191 Å². The maximum atomic E-state index is 12.9. The van der Waals surface area contributed by atoms with E-state index in [0.717, 1.165) is 11.1 Å². The molecule has 33 heavy (non-hydrogen) atoms. The Morgan fingerprint density at radius 2 is 1.67 bits per heavy atom. The van der Waals surface area contributed by atoms with Crippen molar-refractivity contribution < 1.29 is 17.9 Å². The van der Waals surface area contributed by atoms with E-state index in [1.165, 1.54) is 0 Å². The lowest BCUT2D eigenvalue weighted by Crippen LogP contribution is -2.53. The van der Waals surface area contributed by atoms with Gasteiger partial charge in [0, 0.05) is 24.1 Å². The second kappa shape index (κ2) is 7.38. The fourth-order valence-electron chi connectivity index (χ4n) is 4.60. The van der Waals surface area contributed by atoms with Crippen LogP contribution in [0.5, 0.6) is 0 Å². The van der Waals surface area contributed by atoms with Crippen LogP contribution in [0.25, 0.3) is 11.1 Å². The summed E-state index contributed by atoms with van der Waals surface area (Å²) in [6.07, 6.45) is 0.435. The monoisotopic (exact) mass is 457 g/mol. The van der Waals surface area contributed by atoms with Crippen molar-refractivity contribution in [2.45, 2.75) is 28.8 Å². The zero-order valence-corrected chi connectivity index (χ0v) is 18.3. The molecule has 8 heteroatoms. The SMILES string of the molecule is O=C1COC2=NN=C(c3ccc4c(c3)-c3ccccc3S4(=O)=O)CC2N1Cc1ccccc1. The Kier molecular flexibility index (Phi) is 4.45. The predicted molar refractivity (Wildman–Crippen MR) is 123 cm³/mol. The number of ether oxygens (including phenoxy) is 1. The molecule has 0 aliphatic carbocycles. The average molecular weight is 458 g/mol. The van der Waals surface area contributed by atoms with Gasteiger partial charge in [-0.1, -0.05) is 54.6 Å². The van der Waals surface area contributed by atoms with E-state index >= 15 is 0 Å². The van der Waals surface area contributed by atoms with Crippen LogP contribution in [0.15, 0.2) is 92.8 Å². The summed E-state index contributed by atoms with van der Waals surface area (Å²) in [6.45, 7) is 0.399. The van der Waals surface area contributed by atoms with Crippen molar-refractivity contribution in [1.82, 2.24) is 4.90 Å². The van der Waals surface area contributed by atoms with Crippen molar-refractivity contribution in [2.24, 2.45) is 10.2 Å². The highest BCUT2D eigenvalue weighted by Crippen LogP contribution is 2.43. The quantitative estimate of drug-likeness (QED) is 0.472. The number of hydrogen-bond acceptors (Lipinski definition) is 6. The maximum Gasteiger partial charge on any atom is 0.261 e. The fraction of sp³-hybridized carbons (Fsp3) is 0.160. The number of rotatable bonds is 3. The molecule has 1 saturated heterocycles. The molecule has 1 unspecified atom stereocenters. The Morgan fingerprint density at radius 3 is 2.52 bits per heavy atom. The van der Waals surface area contributed by atoms with Crippen LogP contribution in [0.3, 0.4) is 0 Å². The summed E-state index contributed by atoms with van der Waals surface area (Å²) in [5, 5.41) is 8.63. The molecule has 3 aromatic rings. The van der Waals surface area contributed by atoms with Crippen molar-refractivity contribution in [3.8, 4) is 11.1 Å². The largest absolute Gasteiger partial charge is 0.468 e. The van der Waals surface area contributed by atoms with E-state index in [2.05, 4.69) is 10.2 Å². The zero-order valence-electron chi connectivity index (χ0n) is 17.5. The van der Waals surface area contributed by atoms with Gasteiger partial charge in [-0.05, 0) is 29.3 Å². The summed E-state index contributed by atoms with van der Waals surface area (Å²) in [6, 6.07) is 21.7. The molecular formula is C25H19N3O4S. The summed E-state index contributed by atoms with van der Waals surface area (Å²) in [5.74, 6) is 0.335. The highest BCUT2D eigenvalue weighted by Gasteiger charge is 2.38. The smallest absolute Gasteiger partial charge is 0.261 e. The van der Waals surface area contributed by atoms with Crippen LogP contribution < -0.4 is 0 Å². The van der Waals surface area contributed by atoms with E-state index in [9.17, 15) is 13.2 Å². The highest BCUT2D eigenvalue weighted by molar-refractivity contribution is 7.92. The summed E-state index contributed by atoms with van der Waals surface area (Å²) < 4.78 is 31.3. The molecule has 0 spiro atoms. The van der Waals surface area contributed by atoms with Crippen molar-refractivity contribution in [3.63, 3.8) is 0 Å². The lowest BCUT2D eigenvalue weighted by Gasteiger charge is -2.37. The summed E-state index contributed by atoms with van der Waals surface area (Å²) in [7, 11) is -3.52. The number of fused-ring (bicyclic) bond motifs is 4. The molecule has 0 aromatic heterocycles. The number of hydrogen-bond donors (Lipinski definition) is 0. The first-order valence-electron chi connectivity index (χ1n) is 10.6. The van der Waals surface area contributed by atoms with Gasteiger partial charge in [0.15, 0.2) is 6.61 Å². The number of carbonyl (C=O) groups excluding carboxylic acids is 1. The molecule has 0 bridgehead atoms. The predicted octanol–water partition coefficient (Wildman–Crippen LogP) is 3.43. The molecule has 164 valence electrons. The molecular weight excluding hydrogens is 438 g/mol. The van der Waals surface area contributed by atoms with Gasteiger partial charge in [-0.25, -0.2) is 8.42 Å². The van der Waals surface area contributed by atoms with Gasteiger partial charge < -0.3 is 9.64 Å². The minimum absolute atomic E-state index is 0.0551. The van der Waals surface area contributed by atoms with Gasteiger partial charge in [-0.2, -0.15) is 5.10 Å². The summed E-state index contributed by atoms with van der Waals surface area (Å²) in [5.41, 5.74) is 3.84. The topological polar surface area (TPSA) is 88.4 Å². The molecule has 1 atom stereocenters. The number of amides is 1. The van der Waals surface area contributed by atoms with Crippen LogP contribution in [0.4, 0.5) is 0 Å². The second-order valence-electron chi connectivity index (χ2n) is 8.21. The Morgan fingerprint density at radius 1 is 0.909 bits per heavy atom. The summed E-state index contributed by atoms with van der Waals surface area (Å²) >= 11 is 0. The standard InChI is InChI=1S/C25H19N3O4S/c29-24-15-32-25-21(28(24)14-16-6-2-1-3-7-16)13-20(26-27-25)17-10-11-23-19(12-17)18-8-4-5-9-22(18)33(23,30)31/h1-12,21H,13-15H2. The van der Waals surface area contributed by atoms with Crippen molar-refractivity contribution in [3.05, 3.63) is 83.9 Å². The summed E-state index contributed by atoms with van der Waals surface area (Å²) in [4.78, 5) is 15.1. The number of benzene rings is 3. The molecule has 3 heterocycles. The lowest BCUT2D eigenvalue weighted by atomic mass is 9.96. The number of nitrogens with zero attached hydrogens (tertiary/aromatic N) is 3. The van der Waals surface area contributed by atoms with Crippen LogP contribution in [0, 0.1) is 0 Å². The Hall–Kier alpha value is -3.78. The number of sulfone groups is 1. The molecule has 7 nitrogen and oxygen atoms in total. The zero-order chi connectivity index (χ0) is 22.6. The van der Waals surface area contributed by atoms with E-state index in [0.29, 0.717) is 45.5 Å². The first-order valence-corrected chi connectivity index (χ1v) is 12.1. The molecule has 0 saturated carbocycles. The fourth-order valence-corrected chi connectivity index (χ4v) is 6.27. The number of carbonyl (C=O) groups is 1. The van der Waals surface area contributed by atoms with E-state index < -0.39 is 9.84 Å². The highest BCUT2D eigenvalue weighted by atomic mass is 32.2. The lowest BCUT2D eigenvalue weighted by molar-refractivity contribution is -0.138. The van der Waals surface area contributed by atoms with E-state index in [1.54, 1.807) is 29.2 Å². The minimum atomic E-state index is -3.52. The molecule has 3 aliphatic rings. The molecule has 1 amide bonds. The molecule has 6 rings (SSSR count). The van der Waals surface area contributed by atoms with Crippen LogP contribution in [0.2, 0.25) is 0 Å². The molecule has 0 radical (unpaired) electrons. The van der Waals surface area contributed by atoms with Crippen LogP contribution in [-0.2, 0) is 25.9 Å². The van der Waals surface area contributed by atoms with Crippen molar-refractivity contribution in [1.29, 1.82) is 0 Å². The Balaban J connectivity index is 1.36. The van der Waals surface area contributed by atoms with E-state index in [-0.39, 0.29) is 18.6 Å². The van der Waals surface area contributed by atoms with E-state index in [1.807, 2.05) is 48.5 Å². The Bertz CT molecular complexity index is 1460. The van der Waals surface area contributed by atoms with Gasteiger partial charge in [0.2, 0.25) is 15.7 Å². The third-order valence-corrected chi connectivity index (χ3v) is 8.12. The molecule has 3 aliphatic heterocycles. The second-order valence-corrected chi connectivity index (χ2v) is 10.1. The third-order valence-electron chi connectivity index (χ3n) is 6.25. The first kappa shape index (κ1) is 19.9. The maximum absolute atomic E-state index is 12.9. The van der Waals surface area contributed by atoms with Crippen LogP contribution in [0.1, 0.15) is 17.5 Å². The average Bonchev–Trinajstić information content (AvgIpc) is 3.08. The van der Waals surface area contributed by atoms with E-state index in [4.69, 9.17) is 4.74 Å². The van der Waals surface area contributed by atoms with Crippen LogP contribution >= 0.6 is 0 Å². The molecule has 1 fully saturated rings. The third kappa shape index (κ3) is 3.17. The van der Waals surface area contributed by atoms with Crippen molar-refractivity contribution in [2.75, 3.05) is 6.61 Å². The normalized spacial score (nSPS) is 20.2. The van der Waals surface area contributed by atoms with Gasteiger partial charge in [-0.3, -0.25) is 4.79 Å². The van der Waals surface area contributed by atoms with Gasteiger partial charge in [-0.15, -0.1) is 5.10 Å². The van der Waals surface area contributed by atoms with Crippen LogP contribution in [-0.4, -0.2) is 43.5 Å². The van der Waals surface area contributed by atoms with Crippen molar-refractivity contribution >= 4 is 27.4 Å².